The number of nitrogens with zero attached hydrogens (tertiary/aromatic N) is 4. The quantitative estimate of drug-likeness (QED) is 0.852. The molecule has 1 fully saturated rings. The lowest BCUT2D eigenvalue weighted by Crippen LogP contribution is -2.33. The molecule has 116 valence electrons. The second-order valence-electron chi connectivity index (χ2n) is 5.24. The average Bonchev–Trinajstić information content (AvgIpc) is 2.81. The highest BCUT2D eigenvalue weighted by Crippen LogP contribution is 2.35. The first kappa shape index (κ1) is 15.0. The minimum absolute atomic E-state index is 0.0841. The fourth-order valence-electron chi connectivity index (χ4n) is 2.57. The highest BCUT2D eigenvalue weighted by Gasteiger charge is 2.25. The Morgan fingerprint density at radius 2 is 2.18 bits per heavy atom. The number of hydrogen-bond donors (Lipinski definition) is 0. The van der Waals surface area contributed by atoms with Crippen LogP contribution in [-0.4, -0.2) is 44.6 Å². The Morgan fingerprint density at radius 1 is 1.36 bits per heavy atom. The van der Waals surface area contributed by atoms with Crippen molar-refractivity contribution in [1.82, 2.24) is 19.9 Å². The van der Waals surface area contributed by atoms with Crippen LogP contribution < -0.4 is 0 Å². The third-order valence-electron chi connectivity index (χ3n) is 3.70. The number of carbonyl (C=O) groups excluding carboxylic acids is 1. The van der Waals surface area contributed by atoms with Crippen molar-refractivity contribution >= 4 is 17.7 Å². The van der Waals surface area contributed by atoms with Crippen LogP contribution in [0.4, 0.5) is 4.39 Å². The zero-order valence-corrected chi connectivity index (χ0v) is 13.1. The number of amides is 1. The summed E-state index contributed by atoms with van der Waals surface area (Å²) in [4.78, 5) is 14.2. The second-order valence-corrected chi connectivity index (χ2v) is 6.55. The van der Waals surface area contributed by atoms with Crippen LogP contribution in [0.1, 0.15) is 27.7 Å². The Morgan fingerprint density at radius 3 is 2.91 bits per heavy atom. The van der Waals surface area contributed by atoms with Crippen LogP contribution >= 0.6 is 11.8 Å². The first-order valence-corrected chi connectivity index (χ1v) is 8.21. The number of carbonyl (C=O) groups is 1. The van der Waals surface area contributed by atoms with Gasteiger partial charge in [-0.15, -0.1) is 5.10 Å². The number of thioether (sulfide) groups is 1. The molecule has 1 aliphatic heterocycles. The van der Waals surface area contributed by atoms with E-state index in [4.69, 9.17) is 0 Å². The standard InChI is InChI=1S/C15H17FN4OS/c1-19-10-13(17-18-19)15(21)20-7-6-14(22-9-8-20)11-4-2-3-5-12(11)16/h2-5,10,14H,6-9H2,1H3. The van der Waals surface area contributed by atoms with Crippen LogP contribution in [0.5, 0.6) is 0 Å². The van der Waals surface area contributed by atoms with E-state index in [1.165, 1.54) is 10.7 Å². The molecule has 2 heterocycles. The Balaban J connectivity index is 1.70. The van der Waals surface area contributed by atoms with Gasteiger partial charge in [-0.25, -0.2) is 4.39 Å². The summed E-state index contributed by atoms with van der Waals surface area (Å²) in [5.74, 6) is 0.502. The van der Waals surface area contributed by atoms with Crippen LogP contribution in [-0.2, 0) is 7.05 Å². The van der Waals surface area contributed by atoms with Gasteiger partial charge in [-0.3, -0.25) is 9.48 Å². The predicted octanol–water partition coefficient (Wildman–Crippen LogP) is 2.27. The van der Waals surface area contributed by atoms with Gasteiger partial charge in [-0.1, -0.05) is 23.4 Å². The van der Waals surface area contributed by atoms with Gasteiger partial charge in [-0.05, 0) is 12.5 Å². The van der Waals surface area contributed by atoms with Gasteiger partial charge in [0.15, 0.2) is 5.69 Å². The van der Waals surface area contributed by atoms with Gasteiger partial charge < -0.3 is 4.90 Å². The van der Waals surface area contributed by atoms with Crippen molar-refractivity contribution < 1.29 is 9.18 Å². The van der Waals surface area contributed by atoms with Crippen LogP contribution in [0.25, 0.3) is 0 Å². The van der Waals surface area contributed by atoms with Crippen LogP contribution in [0, 0.1) is 5.82 Å². The third-order valence-corrected chi connectivity index (χ3v) is 5.01. The topological polar surface area (TPSA) is 51.0 Å². The molecule has 1 aromatic heterocycles. The largest absolute Gasteiger partial charge is 0.336 e. The van der Waals surface area contributed by atoms with Crippen molar-refractivity contribution in [3.63, 3.8) is 0 Å². The Kier molecular flexibility index (Phi) is 4.42. The van der Waals surface area contributed by atoms with Crippen molar-refractivity contribution in [2.24, 2.45) is 7.05 Å². The van der Waals surface area contributed by atoms with Crippen LogP contribution in [0.2, 0.25) is 0 Å². The molecule has 22 heavy (non-hydrogen) atoms. The molecule has 0 spiro atoms. The van der Waals surface area contributed by atoms with Crippen molar-refractivity contribution in [3.8, 4) is 0 Å². The van der Waals surface area contributed by atoms with E-state index in [-0.39, 0.29) is 17.0 Å². The molecule has 1 amide bonds. The number of rotatable bonds is 2. The Bertz CT molecular complexity index is 675. The molecular formula is C15H17FN4OS. The zero-order valence-electron chi connectivity index (χ0n) is 12.3. The van der Waals surface area contributed by atoms with Crippen LogP contribution in [0.15, 0.2) is 30.5 Å². The summed E-state index contributed by atoms with van der Waals surface area (Å²) in [7, 11) is 1.73. The number of halogens is 1. The molecule has 1 unspecified atom stereocenters. The summed E-state index contributed by atoms with van der Waals surface area (Å²) >= 11 is 1.70. The molecule has 1 atom stereocenters. The van der Waals surface area contributed by atoms with E-state index >= 15 is 0 Å². The summed E-state index contributed by atoms with van der Waals surface area (Å²) in [6.45, 7) is 1.24. The van der Waals surface area contributed by atoms with Gasteiger partial charge in [-0.2, -0.15) is 11.8 Å². The molecule has 0 saturated carbocycles. The molecule has 0 N–H and O–H groups in total. The first-order chi connectivity index (χ1) is 10.6. The average molecular weight is 320 g/mol. The molecule has 0 bridgehead atoms. The molecule has 7 heteroatoms. The van der Waals surface area contributed by atoms with Crippen LogP contribution in [0.3, 0.4) is 0 Å². The maximum atomic E-state index is 13.9. The molecule has 1 saturated heterocycles. The molecule has 5 nitrogen and oxygen atoms in total. The van der Waals surface area contributed by atoms with Crippen molar-refractivity contribution in [2.45, 2.75) is 11.7 Å². The maximum Gasteiger partial charge on any atom is 0.276 e. The Hall–Kier alpha value is -1.89. The number of benzene rings is 1. The molecule has 1 aliphatic rings. The van der Waals surface area contributed by atoms with Crippen molar-refractivity contribution in [1.29, 1.82) is 0 Å². The highest BCUT2D eigenvalue weighted by molar-refractivity contribution is 7.99. The third kappa shape index (κ3) is 3.14. The molecule has 3 rings (SSSR count). The van der Waals surface area contributed by atoms with E-state index in [0.717, 1.165) is 17.7 Å². The summed E-state index contributed by atoms with van der Waals surface area (Å²) in [6.07, 6.45) is 2.35. The lowest BCUT2D eigenvalue weighted by atomic mass is 10.1. The normalized spacial score (nSPS) is 19.0. The lowest BCUT2D eigenvalue weighted by Gasteiger charge is -2.19. The number of aryl methyl sites for hydroxylation is 1. The monoisotopic (exact) mass is 320 g/mol. The predicted molar refractivity (Wildman–Crippen MR) is 83.1 cm³/mol. The summed E-state index contributed by atoms with van der Waals surface area (Å²) in [5, 5.41) is 7.75. The Labute approximate surface area is 132 Å². The van der Waals surface area contributed by atoms with Gasteiger partial charge in [0.2, 0.25) is 0 Å². The van der Waals surface area contributed by atoms with Gasteiger partial charge in [0.05, 0.1) is 6.20 Å². The lowest BCUT2D eigenvalue weighted by molar-refractivity contribution is 0.0760. The van der Waals surface area contributed by atoms with E-state index in [9.17, 15) is 9.18 Å². The van der Waals surface area contributed by atoms with Gasteiger partial charge in [0.25, 0.3) is 5.91 Å². The fourth-order valence-corrected chi connectivity index (χ4v) is 3.82. The van der Waals surface area contributed by atoms with E-state index in [1.54, 1.807) is 36.0 Å². The summed E-state index contributed by atoms with van der Waals surface area (Å²) in [5.41, 5.74) is 1.08. The van der Waals surface area contributed by atoms with Crippen molar-refractivity contribution in [2.75, 3.05) is 18.8 Å². The highest BCUT2D eigenvalue weighted by atomic mass is 32.2. The smallest absolute Gasteiger partial charge is 0.276 e. The van der Waals surface area contributed by atoms with Gasteiger partial charge in [0.1, 0.15) is 5.82 Å². The second kappa shape index (κ2) is 6.48. The van der Waals surface area contributed by atoms with E-state index in [0.29, 0.717) is 18.8 Å². The summed E-state index contributed by atoms with van der Waals surface area (Å²) < 4.78 is 15.4. The van der Waals surface area contributed by atoms with Crippen molar-refractivity contribution in [3.05, 3.63) is 47.5 Å². The molecule has 2 aromatic rings. The SMILES string of the molecule is Cn1cc(C(=O)N2CCSC(c3ccccc3F)CC2)nn1. The summed E-state index contributed by atoms with van der Waals surface area (Å²) in [6, 6.07) is 6.87. The number of hydrogen-bond acceptors (Lipinski definition) is 4. The minimum atomic E-state index is -0.172. The van der Waals surface area contributed by atoms with Gasteiger partial charge in [0, 0.05) is 36.7 Å². The zero-order chi connectivity index (χ0) is 15.5. The van der Waals surface area contributed by atoms with E-state index < -0.39 is 0 Å². The minimum Gasteiger partial charge on any atom is -0.336 e. The van der Waals surface area contributed by atoms with E-state index in [1.807, 2.05) is 12.1 Å². The molecule has 0 aliphatic carbocycles. The fraction of sp³-hybridized carbons (Fsp3) is 0.400. The molecular weight excluding hydrogens is 303 g/mol. The number of aromatic nitrogens is 3. The van der Waals surface area contributed by atoms with Gasteiger partial charge >= 0.3 is 0 Å². The van der Waals surface area contributed by atoms with E-state index in [2.05, 4.69) is 10.3 Å². The molecule has 0 radical (unpaired) electrons. The molecule has 1 aromatic carbocycles. The maximum absolute atomic E-state index is 13.9. The first-order valence-electron chi connectivity index (χ1n) is 7.17.